The molecule has 0 aliphatic carbocycles. The number of fused-ring (bicyclic) bond motifs is 1. The summed E-state index contributed by atoms with van der Waals surface area (Å²) in [5.74, 6) is 1.03. The Morgan fingerprint density at radius 1 is 1.12 bits per heavy atom. The van der Waals surface area contributed by atoms with Gasteiger partial charge in [0.05, 0.1) is 6.04 Å². The Morgan fingerprint density at radius 3 is 2.73 bits per heavy atom. The number of nitrogens with one attached hydrogen (secondary N) is 1. The fourth-order valence-corrected chi connectivity index (χ4v) is 3.34. The van der Waals surface area contributed by atoms with Gasteiger partial charge >= 0.3 is 0 Å². The summed E-state index contributed by atoms with van der Waals surface area (Å²) < 4.78 is 11.1. The first kappa shape index (κ1) is 16.7. The summed E-state index contributed by atoms with van der Waals surface area (Å²) in [5, 5.41) is 3.40. The molecule has 6 nitrogen and oxygen atoms in total. The molecule has 0 aromatic heterocycles. The molecule has 0 unspecified atom stereocenters. The smallest absolute Gasteiger partial charge is 0.251 e. The van der Waals surface area contributed by atoms with Crippen molar-refractivity contribution in [1.82, 2.24) is 5.32 Å². The van der Waals surface area contributed by atoms with Gasteiger partial charge in [0, 0.05) is 35.3 Å². The Morgan fingerprint density at radius 2 is 1.92 bits per heavy atom. The number of rotatable bonds is 3. The van der Waals surface area contributed by atoms with E-state index in [1.807, 2.05) is 6.07 Å². The van der Waals surface area contributed by atoms with E-state index in [-0.39, 0.29) is 24.3 Å². The molecule has 134 valence electrons. The van der Waals surface area contributed by atoms with Crippen LogP contribution in [0.15, 0.2) is 42.5 Å². The summed E-state index contributed by atoms with van der Waals surface area (Å²) in [6.07, 6.45) is 0.251. The molecule has 4 rings (SSSR count). The summed E-state index contributed by atoms with van der Waals surface area (Å²) in [5.41, 5.74) is 1.21. The summed E-state index contributed by atoms with van der Waals surface area (Å²) >= 11 is 5.93. The van der Waals surface area contributed by atoms with Crippen molar-refractivity contribution in [3.8, 4) is 11.5 Å². The Hall–Kier alpha value is -2.73. The zero-order valence-corrected chi connectivity index (χ0v) is 14.7. The highest BCUT2D eigenvalue weighted by atomic mass is 35.5. The summed E-state index contributed by atoms with van der Waals surface area (Å²) in [7, 11) is 0. The van der Waals surface area contributed by atoms with Gasteiger partial charge in [-0.05, 0) is 30.3 Å². The number of hydrogen-bond donors (Lipinski definition) is 1. The second kappa shape index (κ2) is 6.88. The van der Waals surface area contributed by atoms with Crippen molar-refractivity contribution < 1.29 is 19.1 Å². The van der Waals surface area contributed by atoms with E-state index in [0.717, 1.165) is 5.69 Å². The molecular formula is C19H17ClN2O4. The van der Waals surface area contributed by atoms with Gasteiger partial charge < -0.3 is 19.7 Å². The molecule has 1 fully saturated rings. The fraction of sp³-hybridized carbons (Fsp3) is 0.263. The quantitative estimate of drug-likeness (QED) is 0.899. The van der Waals surface area contributed by atoms with Gasteiger partial charge in [-0.1, -0.05) is 17.7 Å². The van der Waals surface area contributed by atoms with Crippen molar-refractivity contribution >= 4 is 29.1 Å². The minimum absolute atomic E-state index is 0.0435. The molecule has 2 heterocycles. The van der Waals surface area contributed by atoms with Gasteiger partial charge in [0.2, 0.25) is 5.91 Å². The van der Waals surface area contributed by atoms with Crippen molar-refractivity contribution in [3.63, 3.8) is 0 Å². The van der Waals surface area contributed by atoms with Crippen molar-refractivity contribution in [2.75, 3.05) is 24.7 Å². The molecule has 1 saturated heterocycles. The van der Waals surface area contributed by atoms with Crippen LogP contribution in [0, 0.1) is 0 Å². The first-order chi connectivity index (χ1) is 12.6. The Kier molecular flexibility index (Phi) is 4.42. The first-order valence-electron chi connectivity index (χ1n) is 8.36. The minimum Gasteiger partial charge on any atom is -0.486 e. The van der Waals surface area contributed by atoms with Crippen LogP contribution in [0.3, 0.4) is 0 Å². The third kappa shape index (κ3) is 3.32. The van der Waals surface area contributed by atoms with Crippen molar-refractivity contribution in [1.29, 1.82) is 0 Å². The lowest BCUT2D eigenvalue weighted by Gasteiger charge is -2.22. The van der Waals surface area contributed by atoms with Crippen molar-refractivity contribution in [2.45, 2.75) is 12.5 Å². The van der Waals surface area contributed by atoms with E-state index in [1.54, 1.807) is 41.3 Å². The highest BCUT2D eigenvalue weighted by molar-refractivity contribution is 6.31. The zero-order chi connectivity index (χ0) is 18.1. The molecule has 0 radical (unpaired) electrons. The number of hydrogen-bond acceptors (Lipinski definition) is 4. The second-order valence-electron chi connectivity index (χ2n) is 6.22. The van der Waals surface area contributed by atoms with E-state index in [4.69, 9.17) is 21.1 Å². The summed E-state index contributed by atoms with van der Waals surface area (Å²) in [6.45, 7) is 1.42. The molecule has 2 aromatic rings. The lowest BCUT2D eigenvalue weighted by Crippen LogP contribution is -2.37. The largest absolute Gasteiger partial charge is 0.486 e. The number of carbonyl (C=O) groups excluding carboxylic acids is 2. The number of ether oxygens (including phenoxy) is 2. The normalized spacial score (nSPS) is 18.7. The van der Waals surface area contributed by atoms with Gasteiger partial charge in [0.15, 0.2) is 11.5 Å². The van der Waals surface area contributed by atoms with Gasteiger partial charge in [-0.2, -0.15) is 0 Å². The fourth-order valence-electron chi connectivity index (χ4n) is 3.15. The lowest BCUT2D eigenvalue weighted by atomic mass is 10.2. The molecule has 2 aliphatic heterocycles. The average molecular weight is 373 g/mol. The topological polar surface area (TPSA) is 67.9 Å². The molecule has 26 heavy (non-hydrogen) atoms. The van der Waals surface area contributed by atoms with E-state index in [0.29, 0.717) is 41.8 Å². The highest BCUT2D eigenvalue weighted by Crippen LogP contribution is 2.35. The van der Waals surface area contributed by atoms with Gasteiger partial charge in [-0.15, -0.1) is 0 Å². The maximum absolute atomic E-state index is 12.4. The molecule has 2 aromatic carbocycles. The van der Waals surface area contributed by atoms with Gasteiger partial charge in [-0.3, -0.25) is 9.59 Å². The predicted molar refractivity (Wildman–Crippen MR) is 97.1 cm³/mol. The van der Waals surface area contributed by atoms with Crippen LogP contribution < -0.4 is 19.7 Å². The third-order valence-corrected chi connectivity index (χ3v) is 4.62. The number of anilines is 1. The monoisotopic (exact) mass is 372 g/mol. The zero-order valence-electron chi connectivity index (χ0n) is 13.9. The van der Waals surface area contributed by atoms with Crippen molar-refractivity contribution in [3.05, 3.63) is 53.1 Å². The maximum atomic E-state index is 12.4. The van der Waals surface area contributed by atoms with Crippen molar-refractivity contribution in [2.24, 2.45) is 0 Å². The molecule has 7 heteroatoms. The van der Waals surface area contributed by atoms with Crippen LogP contribution in [0.25, 0.3) is 0 Å². The van der Waals surface area contributed by atoms with E-state index in [1.165, 1.54) is 0 Å². The van der Waals surface area contributed by atoms with E-state index in [2.05, 4.69) is 5.32 Å². The Labute approximate surface area is 155 Å². The standard InChI is InChI=1S/C19H17ClN2O4/c20-13-3-1-2-12(8-13)19(24)21-14-9-18(23)22(11-14)15-4-5-16-17(10-15)26-7-6-25-16/h1-5,8,10,14H,6-7,9,11H2,(H,21,24)/t14-/m1/s1. The van der Waals surface area contributed by atoms with Gasteiger partial charge in [0.25, 0.3) is 5.91 Å². The van der Waals surface area contributed by atoms with Crippen LogP contribution >= 0.6 is 11.6 Å². The van der Waals surface area contributed by atoms with Crippen LogP contribution in [0.2, 0.25) is 5.02 Å². The van der Waals surface area contributed by atoms with Crippen LogP contribution in [0.4, 0.5) is 5.69 Å². The Balaban J connectivity index is 1.46. The van der Waals surface area contributed by atoms with E-state index in [9.17, 15) is 9.59 Å². The number of nitrogens with zero attached hydrogens (tertiary/aromatic N) is 1. The summed E-state index contributed by atoms with van der Waals surface area (Å²) in [6, 6.07) is 11.9. The maximum Gasteiger partial charge on any atom is 0.251 e. The number of benzene rings is 2. The predicted octanol–water partition coefficient (Wildman–Crippen LogP) is 2.65. The number of halogens is 1. The number of carbonyl (C=O) groups is 2. The van der Waals surface area contributed by atoms with Crippen LogP contribution in [0.1, 0.15) is 16.8 Å². The van der Waals surface area contributed by atoms with E-state index < -0.39 is 0 Å². The lowest BCUT2D eigenvalue weighted by molar-refractivity contribution is -0.117. The second-order valence-corrected chi connectivity index (χ2v) is 6.65. The van der Waals surface area contributed by atoms with E-state index >= 15 is 0 Å². The van der Waals surface area contributed by atoms with Crippen LogP contribution in [-0.2, 0) is 4.79 Å². The van der Waals surface area contributed by atoms with Gasteiger partial charge in [0.1, 0.15) is 13.2 Å². The van der Waals surface area contributed by atoms with Crippen LogP contribution in [-0.4, -0.2) is 37.6 Å². The molecule has 0 saturated carbocycles. The van der Waals surface area contributed by atoms with Crippen LogP contribution in [0.5, 0.6) is 11.5 Å². The minimum atomic E-state index is -0.262. The average Bonchev–Trinajstić information content (AvgIpc) is 3.01. The SMILES string of the molecule is O=C(N[C@@H]1CC(=O)N(c2ccc3c(c2)OCCO3)C1)c1cccc(Cl)c1. The molecule has 1 N–H and O–H groups in total. The highest BCUT2D eigenvalue weighted by Gasteiger charge is 2.32. The molecule has 0 bridgehead atoms. The number of amides is 2. The summed E-state index contributed by atoms with van der Waals surface area (Å²) in [4.78, 5) is 26.4. The molecular weight excluding hydrogens is 356 g/mol. The third-order valence-electron chi connectivity index (χ3n) is 4.38. The molecule has 2 aliphatic rings. The first-order valence-corrected chi connectivity index (χ1v) is 8.74. The van der Waals surface area contributed by atoms with Gasteiger partial charge in [-0.25, -0.2) is 0 Å². The molecule has 2 amide bonds. The molecule has 1 atom stereocenters. The molecule has 0 spiro atoms. The Bertz CT molecular complexity index is 870.